The van der Waals surface area contributed by atoms with Gasteiger partial charge in [0.25, 0.3) is 0 Å². The summed E-state index contributed by atoms with van der Waals surface area (Å²) >= 11 is 12.4. The van der Waals surface area contributed by atoms with Crippen LogP contribution in [0.3, 0.4) is 0 Å². The van der Waals surface area contributed by atoms with E-state index in [0.717, 1.165) is 33.3 Å². The van der Waals surface area contributed by atoms with Gasteiger partial charge >= 0.3 is 0 Å². The molecule has 0 bridgehead atoms. The fraction of sp³-hybridized carbons (Fsp3) is 0.222. The van der Waals surface area contributed by atoms with Crippen molar-refractivity contribution in [3.05, 3.63) is 95.5 Å². The average Bonchev–Trinajstić information content (AvgIpc) is 3.16. The Morgan fingerprint density at radius 3 is 2.28 bits per heavy atom. The van der Waals surface area contributed by atoms with Crippen molar-refractivity contribution in [2.45, 2.75) is 27.7 Å². The van der Waals surface area contributed by atoms with Crippen LogP contribution in [-0.2, 0) is 0 Å². The van der Waals surface area contributed by atoms with Crippen molar-refractivity contribution in [2.24, 2.45) is 5.92 Å². The van der Waals surface area contributed by atoms with Gasteiger partial charge in [-0.15, -0.1) is 13.2 Å². The second kappa shape index (κ2) is 13.7. The summed E-state index contributed by atoms with van der Waals surface area (Å²) in [6, 6.07) is 11.4. The van der Waals surface area contributed by atoms with Crippen LogP contribution in [-0.4, -0.2) is 16.6 Å². The number of benzene rings is 2. The Bertz CT molecular complexity index is 1070. The van der Waals surface area contributed by atoms with Gasteiger partial charge in [0.1, 0.15) is 12.5 Å². The first-order chi connectivity index (χ1) is 15.2. The summed E-state index contributed by atoms with van der Waals surface area (Å²) in [5.41, 5.74) is 5.77. The van der Waals surface area contributed by atoms with Gasteiger partial charge in [-0.2, -0.15) is 0 Å². The van der Waals surface area contributed by atoms with Gasteiger partial charge in [0.2, 0.25) is 0 Å². The highest BCUT2D eigenvalue weighted by Crippen LogP contribution is 2.34. The van der Waals surface area contributed by atoms with Gasteiger partial charge in [0.05, 0.1) is 26.6 Å². The molecular weight excluding hydrogens is 442 g/mol. The van der Waals surface area contributed by atoms with E-state index >= 15 is 0 Å². The largest absolute Gasteiger partial charge is 0.338 e. The summed E-state index contributed by atoms with van der Waals surface area (Å²) in [6.45, 7) is 17.7. The van der Waals surface area contributed by atoms with Crippen molar-refractivity contribution in [3.63, 3.8) is 0 Å². The lowest BCUT2D eigenvalue weighted by molar-refractivity contribution is 0.561. The van der Waals surface area contributed by atoms with Gasteiger partial charge in [0.15, 0.2) is 0 Å². The molecule has 1 heterocycles. The fourth-order valence-electron chi connectivity index (χ4n) is 2.93. The molecule has 3 rings (SSSR count). The molecule has 0 aliphatic rings. The van der Waals surface area contributed by atoms with Gasteiger partial charge in [-0.25, -0.2) is 9.37 Å². The predicted molar refractivity (Wildman–Crippen MR) is 141 cm³/mol. The number of hydrogen-bond acceptors (Lipinski definition) is 1. The number of rotatable bonds is 5. The molecule has 2 nitrogen and oxygen atoms in total. The van der Waals surface area contributed by atoms with Crippen molar-refractivity contribution >= 4 is 39.8 Å². The Kier molecular flexibility index (Phi) is 11.8. The molecule has 1 aromatic heterocycles. The highest BCUT2D eigenvalue weighted by molar-refractivity contribution is 6.39. The van der Waals surface area contributed by atoms with E-state index < -0.39 is 0 Å². The van der Waals surface area contributed by atoms with Crippen LogP contribution in [0.2, 0.25) is 10.0 Å². The molecule has 0 unspecified atom stereocenters. The van der Waals surface area contributed by atoms with Crippen molar-refractivity contribution in [1.29, 1.82) is 0 Å². The number of nitrogens with zero attached hydrogens (tertiary/aromatic N) is 1. The van der Waals surface area contributed by atoms with E-state index in [0.29, 0.717) is 21.8 Å². The standard InChI is InChI=1S/C16H12Cl2N2.C9H15F.C2H4/c1-9(2)10-6-7-13-14(8-10)20-16(19-13)15-11(17)4-3-5-12(15)18;1-8(2)7-9(3)5-4-6-10;1-2/h3-8H,1H2,2H3,(H,19,20);4-5,7-8H,6H2,1-3H3;1-2H2/b;5-4-,9-7-;. The summed E-state index contributed by atoms with van der Waals surface area (Å²) in [4.78, 5) is 7.82. The van der Waals surface area contributed by atoms with Gasteiger partial charge < -0.3 is 4.98 Å². The molecule has 1 N–H and O–H groups in total. The maximum absolute atomic E-state index is 11.6. The number of alkyl halides is 1. The van der Waals surface area contributed by atoms with Crippen LogP contribution in [0.15, 0.2) is 79.9 Å². The number of allylic oxidation sites excluding steroid dienone is 5. The third kappa shape index (κ3) is 8.14. The van der Waals surface area contributed by atoms with E-state index in [1.54, 1.807) is 18.2 Å². The lowest BCUT2D eigenvalue weighted by Gasteiger charge is -2.02. The van der Waals surface area contributed by atoms with Crippen LogP contribution in [0, 0.1) is 5.92 Å². The average molecular weight is 473 g/mol. The first kappa shape index (κ1) is 27.4. The third-order valence-electron chi connectivity index (χ3n) is 4.24. The van der Waals surface area contributed by atoms with Crippen LogP contribution in [0.5, 0.6) is 0 Å². The summed E-state index contributed by atoms with van der Waals surface area (Å²) in [5.74, 6) is 1.22. The molecule has 3 aromatic rings. The number of aromatic amines is 1. The number of hydrogen-bond donors (Lipinski definition) is 1. The van der Waals surface area contributed by atoms with E-state index in [4.69, 9.17) is 23.2 Å². The third-order valence-corrected chi connectivity index (χ3v) is 4.87. The topological polar surface area (TPSA) is 28.7 Å². The quantitative estimate of drug-likeness (QED) is 0.290. The normalized spacial score (nSPS) is 11.2. The fourth-order valence-corrected chi connectivity index (χ4v) is 3.51. The zero-order valence-corrected chi connectivity index (χ0v) is 20.7. The molecule has 0 fully saturated rings. The van der Waals surface area contributed by atoms with Gasteiger partial charge in [-0.05, 0) is 49.6 Å². The van der Waals surface area contributed by atoms with Crippen LogP contribution in [0.4, 0.5) is 4.39 Å². The highest BCUT2D eigenvalue weighted by Gasteiger charge is 2.12. The maximum Gasteiger partial charge on any atom is 0.141 e. The molecule has 0 radical (unpaired) electrons. The number of nitrogens with one attached hydrogen (secondary N) is 1. The lowest BCUT2D eigenvalue weighted by Crippen LogP contribution is -1.83. The first-order valence-corrected chi connectivity index (χ1v) is 11.0. The number of aromatic nitrogens is 2. The highest BCUT2D eigenvalue weighted by atomic mass is 35.5. The summed E-state index contributed by atoms with van der Waals surface area (Å²) < 4.78 is 11.6. The van der Waals surface area contributed by atoms with E-state index in [-0.39, 0.29) is 6.67 Å². The zero-order valence-electron chi connectivity index (χ0n) is 19.2. The van der Waals surface area contributed by atoms with Crippen LogP contribution in [0.1, 0.15) is 33.3 Å². The Morgan fingerprint density at radius 2 is 1.75 bits per heavy atom. The molecule has 0 aliphatic carbocycles. The Balaban J connectivity index is 0.000000364. The monoisotopic (exact) mass is 472 g/mol. The number of imidazole rings is 1. The Labute approximate surface area is 201 Å². The maximum atomic E-state index is 11.6. The summed E-state index contributed by atoms with van der Waals surface area (Å²) in [5, 5.41) is 1.16. The smallest absolute Gasteiger partial charge is 0.141 e. The molecular formula is C27H31Cl2FN2. The van der Waals surface area contributed by atoms with E-state index in [1.165, 1.54) is 6.08 Å². The minimum absolute atomic E-state index is 0.372. The van der Waals surface area contributed by atoms with Gasteiger partial charge in [-0.3, -0.25) is 0 Å². The minimum Gasteiger partial charge on any atom is -0.338 e. The predicted octanol–water partition coefficient (Wildman–Crippen LogP) is 9.49. The Morgan fingerprint density at radius 1 is 1.12 bits per heavy atom. The van der Waals surface area contributed by atoms with Crippen LogP contribution >= 0.6 is 23.2 Å². The van der Waals surface area contributed by atoms with E-state index in [9.17, 15) is 4.39 Å². The van der Waals surface area contributed by atoms with E-state index in [2.05, 4.69) is 49.6 Å². The second-order valence-corrected chi connectivity index (χ2v) is 8.22. The lowest BCUT2D eigenvalue weighted by atomic mass is 10.1. The Hall–Kier alpha value is -2.62. The van der Waals surface area contributed by atoms with Crippen molar-refractivity contribution < 1.29 is 4.39 Å². The number of halogens is 3. The molecule has 5 heteroatoms. The number of fused-ring (bicyclic) bond motifs is 1. The molecule has 0 atom stereocenters. The molecule has 32 heavy (non-hydrogen) atoms. The second-order valence-electron chi connectivity index (χ2n) is 7.41. The molecule has 0 spiro atoms. The first-order valence-electron chi connectivity index (χ1n) is 10.2. The summed E-state index contributed by atoms with van der Waals surface area (Å²) in [6.07, 6.45) is 5.43. The molecule has 170 valence electrons. The van der Waals surface area contributed by atoms with Crippen LogP contribution in [0.25, 0.3) is 28.0 Å². The van der Waals surface area contributed by atoms with Crippen molar-refractivity contribution in [2.75, 3.05) is 6.67 Å². The minimum atomic E-state index is -0.372. The van der Waals surface area contributed by atoms with Gasteiger partial charge in [0, 0.05) is 0 Å². The molecule has 2 aromatic carbocycles. The van der Waals surface area contributed by atoms with Crippen molar-refractivity contribution in [3.8, 4) is 11.4 Å². The summed E-state index contributed by atoms with van der Waals surface area (Å²) in [7, 11) is 0. The zero-order chi connectivity index (χ0) is 24.3. The van der Waals surface area contributed by atoms with E-state index in [1.807, 2.05) is 38.1 Å². The molecule has 0 saturated carbocycles. The molecule has 0 aliphatic heterocycles. The van der Waals surface area contributed by atoms with Crippen molar-refractivity contribution in [1.82, 2.24) is 9.97 Å². The van der Waals surface area contributed by atoms with Gasteiger partial charge in [-0.1, -0.05) is 85.1 Å². The SMILES string of the molecule is C=C.C=C(C)c1ccc2nc(-c3c(Cl)cccc3Cl)[nH]c2c1.CC(/C=C\CF)=C/C(C)C. The molecule has 0 amide bonds. The number of H-pyrrole nitrogens is 1. The molecule has 0 saturated heterocycles. The van der Waals surface area contributed by atoms with Crippen LogP contribution < -0.4 is 0 Å².